The van der Waals surface area contributed by atoms with Gasteiger partial charge in [-0.3, -0.25) is 5.01 Å². The summed E-state index contributed by atoms with van der Waals surface area (Å²) in [5, 5.41) is 4.75. The zero-order chi connectivity index (χ0) is 13.1. The summed E-state index contributed by atoms with van der Waals surface area (Å²) in [6.07, 6.45) is 5.88. The first-order valence-electron chi connectivity index (χ1n) is 5.87. The van der Waals surface area contributed by atoms with Gasteiger partial charge < -0.3 is 21.8 Å². The summed E-state index contributed by atoms with van der Waals surface area (Å²) in [5.74, 6) is 6.26. The number of nitrogens with one attached hydrogen (secondary N) is 2. The molecule has 98 valence electrons. The van der Waals surface area contributed by atoms with Gasteiger partial charge in [0.05, 0.1) is 6.04 Å². The van der Waals surface area contributed by atoms with E-state index in [0.29, 0.717) is 12.4 Å². The minimum Gasteiger partial charge on any atom is -0.384 e. The van der Waals surface area contributed by atoms with Crippen LogP contribution in [-0.4, -0.2) is 36.2 Å². The van der Waals surface area contributed by atoms with Crippen molar-refractivity contribution < 1.29 is 0 Å². The van der Waals surface area contributed by atoms with E-state index in [2.05, 4.69) is 16.4 Å². The number of hydrogen-bond acceptors (Lipinski definition) is 5. The SMILES string of the molecule is CN(N)/C(N)=C1\CNC1/C(=C/c1cc[nH]c1)CN. The summed E-state index contributed by atoms with van der Waals surface area (Å²) < 4.78 is 0. The number of hydrogen-bond donors (Lipinski definition) is 5. The van der Waals surface area contributed by atoms with Gasteiger partial charge in [0.2, 0.25) is 0 Å². The van der Waals surface area contributed by atoms with Gasteiger partial charge in [-0.25, -0.2) is 5.84 Å². The summed E-state index contributed by atoms with van der Waals surface area (Å²) in [5.41, 5.74) is 15.0. The lowest BCUT2D eigenvalue weighted by Gasteiger charge is -2.36. The average molecular weight is 248 g/mol. The molecule has 8 N–H and O–H groups in total. The number of nitrogens with two attached hydrogens (primary N) is 3. The third-order valence-corrected chi connectivity index (χ3v) is 3.13. The number of aromatic amines is 1. The van der Waals surface area contributed by atoms with Crippen molar-refractivity contribution >= 4 is 6.08 Å². The standard InChI is InChI=1S/C12H20N6/c1-18(15)12(14)10-7-17-11(10)9(5-13)4-8-2-3-16-6-8/h2-4,6,11,16-17H,5,7,13-15H2,1H3/b9-4+,12-10+. The van der Waals surface area contributed by atoms with Crippen LogP contribution in [0.5, 0.6) is 0 Å². The van der Waals surface area contributed by atoms with E-state index in [1.807, 2.05) is 18.5 Å². The zero-order valence-corrected chi connectivity index (χ0v) is 10.5. The molecule has 6 nitrogen and oxygen atoms in total. The van der Waals surface area contributed by atoms with E-state index >= 15 is 0 Å². The van der Waals surface area contributed by atoms with E-state index in [9.17, 15) is 0 Å². The fraction of sp³-hybridized carbons (Fsp3) is 0.333. The number of aromatic nitrogens is 1. The monoisotopic (exact) mass is 248 g/mol. The van der Waals surface area contributed by atoms with Crippen molar-refractivity contribution in [1.82, 2.24) is 15.3 Å². The first kappa shape index (κ1) is 12.7. The number of hydrazine groups is 1. The van der Waals surface area contributed by atoms with Crippen LogP contribution in [0.2, 0.25) is 0 Å². The van der Waals surface area contributed by atoms with Gasteiger partial charge in [-0.1, -0.05) is 6.08 Å². The second-order valence-electron chi connectivity index (χ2n) is 4.40. The van der Waals surface area contributed by atoms with Crippen LogP contribution in [-0.2, 0) is 0 Å². The van der Waals surface area contributed by atoms with Crippen LogP contribution in [0.3, 0.4) is 0 Å². The molecule has 1 aliphatic heterocycles. The van der Waals surface area contributed by atoms with Crippen LogP contribution in [0.1, 0.15) is 5.56 Å². The Hall–Kier alpha value is -1.76. The Kier molecular flexibility index (Phi) is 3.71. The van der Waals surface area contributed by atoms with Crippen LogP contribution < -0.4 is 22.6 Å². The maximum absolute atomic E-state index is 5.94. The highest BCUT2D eigenvalue weighted by Gasteiger charge is 2.29. The predicted molar refractivity (Wildman–Crippen MR) is 72.8 cm³/mol. The number of rotatable bonds is 4. The van der Waals surface area contributed by atoms with Gasteiger partial charge in [0.25, 0.3) is 0 Å². The van der Waals surface area contributed by atoms with Crippen LogP contribution in [0.4, 0.5) is 0 Å². The van der Waals surface area contributed by atoms with Crippen LogP contribution in [0.15, 0.2) is 35.4 Å². The van der Waals surface area contributed by atoms with Gasteiger partial charge in [0.15, 0.2) is 0 Å². The largest absolute Gasteiger partial charge is 0.384 e. The second kappa shape index (κ2) is 5.26. The molecule has 1 aromatic rings. The molecule has 2 heterocycles. The first-order chi connectivity index (χ1) is 8.63. The van der Waals surface area contributed by atoms with Crippen LogP contribution in [0.25, 0.3) is 6.08 Å². The van der Waals surface area contributed by atoms with E-state index in [4.69, 9.17) is 17.3 Å². The summed E-state index contributed by atoms with van der Waals surface area (Å²) in [6, 6.07) is 2.09. The molecule has 0 radical (unpaired) electrons. The van der Waals surface area contributed by atoms with E-state index in [1.165, 1.54) is 5.01 Å². The molecule has 1 saturated heterocycles. The van der Waals surface area contributed by atoms with Gasteiger partial charge >= 0.3 is 0 Å². The molecule has 0 bridgehead atoms. The smallest absolute Gasteiger partial charge is 0.115 e. The van der Waals surface area contributed by atoms with E-state index in [-0.39, 0.29) is 6.04 Å². The Balaban J connectivity index is 2.22. The third-order valence-electron chi connectivity index (χ3n) is 3.13. The highest BCUT2D eigenvalue weighted by atomic mass is 15.4. The summed E-state index contributed by atoms with van der Waals surface area (Å²) in [6.45, 7) is 1.23. The van der Waals surface area contributed by atoms with Gasteiger partial charge in [0.1, 0.15) is 5.82 Å². The van der Waals surface area contributed by atoms with Crippen molar-refractivity contribution in [2.75, 3.05) is 20.1 Å². The fourth-order valence-corrected chi connectivity index (χ4v) is 2.03. The molecule has 1 unspecified atom stereocenters. The first-order valence-corrected chi connectivity index (χ1v) is 5.87. The molecule has 1 aromatic heterocycles. The normalized spacial score (nSPS) is 22.6. The molecule has 0 saturated carbocycles. The second-order valence-corrected chi connectivity index (χ2v) is 4.40. The maximum atomic E-state index is 5.94. The van der Waals surface area contributed by atoms with Crippen LogP contribution in [0, 0.1) is 0 Å². The van der Waals surface area contributed by atoms with Crippen molar-refractivity contribution in [3.63, 3.8) is 0 Å². The number of H-pyrrole nitrogens is 1. The number of nitrogens with zero attached hydrogens (tertiary/aromatic N) is 1. The molecular weight excluding hydrogens is 228 g/mol. The minimum atomic E-state index is 0.0934. The molecule has 0 spiro atoms. The predicted octanol–water partition coefficient (Wildman–Crippen LogP) is -0.696. The lowest BCUT2D eigenvalue weighted by atomic mass is 9.90. The third kappa shape index (κ3) is 2.40. The highest BCUT2D eigenvalue weighted by molar-refractivity contribution is 5.57. The van der Waals surface area contributed by atoms with Crippen LogP contribution >= 0.6 is 0 Å². The molecule has 0 amide bonds. The Morgan fingerprint density at radius 3 is 2.83 bits per heavy atom. The van der Waals surface area contributed by atoms with Gasteiger partial charge in [-0.15, -0.1) is 0 Å². The van der Waals surface area contributed by atoms with Gasteiger partial charge in [-0.05, 0) is 17.2 Å². The summed E-state index contributed by atoms with van der Waals surface area (Å²) in [4.78, 5) is 3.02. The van der Waals surface area contributed by atoms with E-state index in [0.717, 1.165) is 23.3 Å². The lowest BCUT2D eigenvalue weighted by Crippen LogP contribution is -2.52. The quantitative estimate of drug-likeness (QED) is 0.358. The van der Waals surface area contributed by atoms with Crippen molar-refractivity contribution in [2.24, 2.45) is 17.3 Å². The molecule has 1 atom stereocenters. The summed E-state index contributed by atoms with van der Waals surface area (Å²) in [7, 11) is 1.73. The maximum Gasteiger partial charge on any atom is 0.115 e. The molecule has 0 aromatic carbocycles. The molecule has 1 fully saturated rings. The van der Waals surface area contributed by atoms with Crippen molar-refractivity contribution in [3.05, 3.63) is 41.0 Å². The average Bonchev–Trinajstić information content (AvgIpc) is 2.79. The van der Waals surface area contributed by atoms with Crippen molar-refractivity contribution in [2.45, 2.75) is 6.04 Å². The lowest BCUT2D eigenvalue weighted by molar-refractivity contribution is 0.403. The van der Waals surface area contributed by atoms with E-state index in [1.54, 1.807) is 7.05 Å². The Morgan fingerprint density at radius 2 is 2.39 bits per heavy atom. The molecule has 2 rings (SSSR count). The molecule has 1 aliphatic rings. The fourth-order valence-electron chi connectivity index (χ4n) is 2.03. The van der Waals surface area contributed by atoms with Crippen molar-refractivity contribution in [1.29, 1.82) is 0 Å². The minimum absolute atomic E-state index is 0.0934. The van der Waals surface area contributed by atoms with E-state index < -0.39 is 0 Å². The zero-order valence-electron chi connectivity index (χ0n) is 10.5. The molecule has 6 heteroatoms. The molecular formula is C12H20N6. The van der Waals surface area contributed by atoms with Gasteiger partial charge in [0, 0.05) is 38.1 Å². The van der Waals surface area contributed by atoms with Crippen molar-refractivity contribution in [3.8, 4) is 0 Å². The Morgan fingerprint density at radius 1 is 1.61 bits per heavy atom. The molecule has 0 aliphatic carbocycles. The summed E-state index contributed by atoms with van der Waals surface area (Å²) >= 11 is 0. The molecule has 18 heavy (non-hydrogen) atoms. The Bertz CT molecular complexity index is 457. The Labute approximate surface area is 106 Å². The topological polar surface area (TPSA) is 109 Å². The highest BCUT2D eigenvalue weighted by Crippen LogP contribution is 2.23. The van der Waals surface area contributed by atoms with Gasteiger partial charge in [-0.2, -0.15) is 0 Å².